The monoisotopic (exact) mass is 488 g/mol. The number of carboxylic acid groups (broad SMARTS) is 1. The van der Waals surface area contributed by atoms with E-state index in [1.807, 2.05) is 0 Å². The average molecular weight is 490 g/mol. The summed E-state index contributed by atoms with van der Waals surface area (Å²) in [6, 6.07) is 12.7. The summed E-state index contributed by atoms with van der Waals surface area (Å²) in [7, 11) is 0. The maximum absolute atomic E-state index is 12.1. The van der Waals surface area contributed by atoms with E-state index in [-0.39, 0.29) is 16.7 Å². The number of phenolic OH excluding ortho intramolecular Hbond substituents is 1. The number of fused-ring (bicyclic) bond motifs is 2. The van der Waals surface area contributed by atoms with E-state index in [1.54, 1.807) is 30.3 Å². The molecular formula is C20H10Br2O5. The molecule has 134 valence electrons. The maximum atomic E-state index is 12.1. The van der Waals surface area contributed by atoms with Crippen LogP contribution in [-0.4, -0.2) is 16.2 Å². The van der Waals surface area contributed by atoms with Gasteiger partial charge in [0.2, 0.25) is 0 Å². The second-order valence-electron chi connectivity index (χ2n) is 5.91. The van der Waals surface area contributed by atoms with Crippen molar-refractivity contribution in [3.63, 3.8) is 0 Å². The van der Waals surface area contributed by atoms with Crippen LogP contribution in [0.15, 0.2) is 66.7 Å². The minimum atomic E-state index is -1.06. The molecule has 2 aromatic rings. The highest BCUT2D eigenvalue weighted by atomic mass is 79.9. The van der Waals surface area contributed by atoms with Crippen LogP contribution in [0.4, 0.5) is 0 Å². The largest absolute Gasteiger partial charge is 0.507 e. The van der Waals surface area contributed by atoms with Gasteiger partial charge in [-0.25, -0.2) is 4.79 Å². The summed E-state index contributed by atoms with van der Waals surface area (Å²) in [5, 5.41) is 20.3. The lowest BCUT2D eigenvalue weighted by Gasteiger charge is -2.17. The summed E-state index contributed by atoms with van der Waals surface area (Å²) in [6.45, 7) is 0. The number of aromatic carboxylic acids is 1. The highest BCUT2D eigenvalue weighted by molar-refractivity contribution is 9.10. The fourth-order valence-electron chi connectivity index (χ4n) is 3.08. The van der Waals surface area contributed by atoms with Gasteiger partial charge in [0.1, 0.15) is 17.1 Å². The first-order valence-electron chi connectivity index (χ1n) is 7.78. The third kappa shape index (κ3) is 2.93. The molecule has 0 saturated carbocycles. The molecule has 0 saturated heterocycles. The Kier molecular flexibility index (Phi) is 4.28. The molecule has 27 heavy (non-hydrogen) atoms. The Morgan fingerprint density at radius 1 is 0.963 bits per heavy atom. The standard InChI is InChI=1S/C20H10Br2O5/c21-13-5-11-17(7-15(13)23)27-18-8-16(24)14(22)6-12(18)19(11)9-3-1-2-4-10(9)20(25)26/h1-8,23H,(H,25,26). The number of benzene rings is 3. The molecule has 0 fully saturated rings. The van der Waals surface area contributed by atoms with Crippen molar-refractivity contribution in [1.29, 1.82) is 0 Å². The number of carboxylic acids is 1. The van der Waals surface area contributed by atoms with Gasteiger partial charge in [-0.05, 0) is 55.6 Å². The zero-order valence-corrected chi connectivity index (χ0v) is 16.7. The van der Waals surface area contributed by atoms with E-state index in [1.165, 1.54) is 18.2 Å². The van der Waals surface area contributed by atoms with Crippen molar-refractivity contribution < 1.29 is 19.4 Å². The number of halogens is 2. The van der Waals surface area contributed by atoms with Gasteiger partial charge in [-0.1, -0.05) is 18.2 Å². The molecule has 5 nitrogen and oxygen atoms in total. The number of carbonyl (C=O) groups is 1. The molecule has 2 aromatic carbocycles. The maximum Gasteiger partial charge on any atom is 0.336 e. The number of phenols is 1. The molecule has 1 aliphatic carbocycles. The summed E-state index contributed by atoms with van der Waals surface area (Å²) in [5.74, 6) is -0.791. The highest BCUT2D eigenvalue weighted by Crippen LogP contribution is 2.44. The summed E-state index contributed by atoms with van der Waals surface area (Å²) < 4.78 is 6.62. The zero-order chi connectivity index (χ0) is 19.3. The molecule has 2 N–H and O–H groups in total. The van der Waals surface area contributed by atoms with Crippen LogP contribution in [0.25, 0.3) is 33.4 Å². The van der Waals surface area contributed by atoms with Gasteiger partial charge in [-0.3, -0.25) is 4.79 Å². The number of rotatable bonds is 2. The predicted octanol–water partition coefficient (Wildman–Crippen LogP) is 5.49. The first-order valence-corrected chi connectivity index (χ1v) is 9.36. The van der Waals surface area contributed by atoms with Crippen molar-refractivity contribution in [3.8, 4) is 28.2 Å². The van der Waals surface area contributed by atoms with E-state index >= 15 is 0 Å². The Morgan fingerprint density at radius 2 is 1.70 bits per heavy atom. The van der Waals surface area contributed by atoms with Gasteiger partial charge in [0, 0.05) is 28.6 Å². The number of hydrogen-bond acceptors (Lipinski definition) is 4. The van der Waals surface area contributed by atoms with Crippen LogP contribution in [0.2, 0.25) is 0 Å². The molecule has 0 radical (unpaired) electrons. The fraction of sp³-hybridized carbons (Fsp3) is 0. The zero-order valence-electron chi connectivity index (χ0n) is 13.5. The van der Waals surface area contributed by atoms with E-state index in [4.69, 9.17) is 4.42 Å². The normalized spacial score (nSPS) is 11.2. The van der Waals surface area contributed by atoms with Crippen molar-refractivity contribution >= 4 is 48.8 Å². The van der Waals surface area contributed by atoms with Crippen molar-refractivity contribution in [3.05, 3.63) is 73.3 Å². The molecule has 0 unspecified atom stereocenters. The van der Waals surface area contributed by atoms with Crippen LogP contribution in [0.1, 0.15) is 10.4 Å². The van der Waals surface area contributed by atoms with Crippen LogP contribution in [-0.2, 0) is 0 Å². The molecule has 1 heterocycles. The first kappa shape index (κ1) is 17.8. The van der Waals surface area contributed by atoms with Crippen LogP contribution in [0.5, 0.6) is 5.75 Å². The fourth-order valence-corrected chi connectivity index (χ4v) is 3.77. The Hall–Kier alpha value is -2.64. The SMILES string of the molecule is O=C(O)c1ccccc1-c1c2cc(Br)c(=O)cc-2oc2cc(O)c(Br)cc12. The van der Waals surface area contributed by atoms with Gasteiger partial charge in [0.25, 0.3) is 0 Å². The third-order valence-corrected chi connectivity index (χ3v) is 5.52. The Bertz CT molecular complexity index is 1260. The molecule has 0 aromatic heterocycles. The molecule has 2 aliphatic rings. The number of aromatic hydroxyl groups is 1. The Morgan fingerprint density at radius 3 is 2.44 bits per heavy atom. The molecule has 1 aliphatic heterocycles. The topological polar surface area (TPSA) is 87.7 Å². The highest BCUT2D eigenvalue weighted by Gasteiger charge is 2.23. The van der Waals surface area contributed by atoms with E-state index in [0.717, 1.165) is 0 Å². The summed E-state index contributed by atoms with van der Waals surface area (Å²) >= 11 is 6.53. The van der Waals surface area contributed by atoms with E-state index in [2.05, 4.69) is 31.9 Å². The first-order chi connectivity index (χ1) is 12.9. The summed E-state index contributed by atoms with van der Waals surface area (Å²) in [4.78, 5) is 23.8. The minimum Gasteiger partial charge on any atom is -0.507 e. The number of hydrogen-bond donors (Lipinski definition) is 2. The van der Waals surface area contributed by atoms with Crippen molar-refractivity contribution in [1.82, 2.24) is 0 Å². The summed E-state index contributed by atoms with van der Waals surface area (Å²) in [5.41, 5.74) is 1.87. The average Bonchev–Trinajstić information content (AvgIpc) is 2.63. The molecule has 0 amide bonds. The quantitative estimate of drug-likeness (QED) is 0.363. The second-order valence-corrected chi connectivity index (χ2v) is 7.62. The third-order valence-electron chi connectivity index (χ3n) is 4.27. The van der Waals surface area contributed by atoms with Crippen molar-refractivity contribution in [2.45, 2.75) is 0 Å². The van der Waals surface area contributed by atoms with Crippen molar-refractivity contribution in [2.24, 2.45) is 0 Å². The molecule has 4 rings (SSSR count). The smallest absolute Gasteiger partial charge is 0.336 e. The Labute approximate surface area is 169 Å². The van der Waals surface area contributed by atoms with E-state index in [0.29, 0.717) is 42.4 Å². The lowest BCUT2D eigenvalue weighted by Crippen LogP contribution is -2.05. The lowest BCUT2D eigenvalue weighted by molar-refractivity contribution is 0.0697. The Balaban J connectivity index is 2.27. The van der Waals surface area contributed by atoms with E-state index < -0.39 is 5.97 Å². The summed E-state index contributed by atoms with van der Waals surface area (Å²) in [6.07, 6.45) is 0. The van der Waals surface area contributed by atoms with Crippen molar-refractivity contribution in [2.75, 3.05) is 0 Å². The van der Waals surface area contributed by atoms with Crippen LogP contribution < -0.4 is 5.43 Å². The van der Waals surface area contributed by atoms with Gasteiger partial charge < -0.3 is 14.6 Å². The van der Waals surface area contributed by atoms with Crippen LogP contribution in [0, 0.1) is 0 Å². The second kappa shape index (κ2) is 6.51. The molecule has 0 atom stereocenters. The van der Waals surface area contributed by atoms with Gasteiger partial charge in [-0.2, -0.15) is 0 Å². The van der Waals surface area contributed by atoms with Crippen LogP contribution in [0.3, 0.4) is 0 Å². The molecule has 7 heteroatoms. The molecular weight excluding hydrogens is 480 g/mol. The minimum absolute atomic E-state index is 0.0254. The van der Waals surface area contributed by atoms with Gasteiger partial charge in [-0.15, -0.1) is 0 Å². The molecule has 0 spiro atoms. The van der Waals surface area contributed by atoms with E-state index in [9.17, 15) is 19.8 Å². The van der Waals surface area contributed by atoms with Gasteiger partial charge in [0.05, 0.1) is 14.5 Å². The molecule has 0 bridgehead atoms. The predicted molar refractivity (Wildman–Crippen MR) is 109 cm³/mol. The van der Waals surface area contributed by atoms with Gasteiger partial charge >= 0.3 is 5.97 Å². The van der Waals surface area contributed by atoms with Gasteiger partial charge in [0.15, 0.2) is 5.43 Å². The van der Waals surface area contributed by atoms with Crippen LogP contribution >= 0.6 is 31.9 Å². The lowest BCUT2D eigenvalue weighted by atomic mass is 9.91.